The fourth-order valence-electron chi connectivity index (χ4n) is 4.81. The molecule has 4 aromatic carbocycles. The predicted molar refractivity (Wildman–Crippen MR) is 157 cm³/mol. The molecule has 0 aromatic heterocycles. The number of amides is 2. The Labute approximate surface area is 239 Å². The Kier molecular flexibility index (Phi) is 9.99. The highest BCUT2D eigenvalue weighted by molar-refractivity contribution is 6.06. The van der Waals surface area contributed by atoms with Crippen LogP contribution in [0.1, 0.15) is 51.6 Å². The maximum Gasteiger partial charge on any atom is 0.305 e. The lowest BCUT2D eigenvalue weighted by Crippen LogP contribution is -2.40. The van der Waals surface area contributed by atoms with Crippen molar-refractivity contribution >= 4 is 17.8 Å². The zero-order valence-corrected chi connectivity index (χ0v) is 22.9. The molecule has 0 saturated heterocycles. The van der Waals surface area contributed by atoms with E-state index in [2.05, 4.69) is 5.32 Å². The summed E-state index contributed by atoms with van der Waals surface area (Å²) in [7, 11) is 0. The smallest absolute Gasteiger partial charge is 0.305 e. The van der Waals surface area contributed by atoms with Crippen LogP contribution < -0.4 is 5.32 Å². The number of nitrogens with one attached hydrogen (secondary N) is 1. The molecule has 210 valence electrons. The fraction of sp³-hybridized carbons (Fsp3) is 0.206. The van der Waals surface area contributed by atoms with Gasteiger partial charge in [-0.3, -0.25) is 14.4 Å². The molecular weight excluding hydrogens is 519 g/mol. The van der Waals surface area contributed by atoms with Gasteiger partial charge in [0.05, 0.1) is 6.42 Å². The average molecular weight is 553 g/mol. The zero-order valence-electron chi connectivity index (χ0n) is 22.9. The van der Waals surface area contributed by atoms with Crippen molar-refractivity contribution in [1.29, 1.82) is 0 Å². The molecule has 41 heavy (non-hydrogen) atoms. The number of hydrogen-bond donors (Lipinski definition) is 2. The standard InChI is InChI=1S/C34H33FN2O4/c1-24(18-19-25-10-3-2-4-11-25)37(21-20-32(38)39)34(41)31-17-8-6-15-29(31)28-14-5-7-16-30(28)33(40)36-23-26-12-9-13-27(35)22-26/h2-17,22,24H,18-21,23H2,1H3,(H,36,40)(H,38,39). The van der Waals surface area contributed by atoms with Gasteiger partial charge in [-0.2, -0.15) is 0 Å². The lowest BCUT2D eigenvalue weighted by molar-refractivity contribution is -0.137. The summed E-state index contributed by atoms with van der Waals surface area (Å²) in [5.41, 5.74) is 3.68. The third-order valence-electron chi connectivity index (χ3n) is 7.01. The Hall–Kier alpha value is -4.78. The van der Waals surface area contributed by atoms with Gasteiger partial charge in [0.2, 0.25) is 0 Å². The minimum atomic E-state index is -0.980. The van der Waals surface area contributed by atoms with Crippen LogP contribution in [-0.4, -0.2) is 40.4 Å². The van der Waals surface area contributed by atoms with Crippen LogP contribution in [0.3, 0.4) is 0 Å². The molecule has 2 N–H and O–H groups in total. The normalized spacial score (nSPS) is 11.5. The number of nitrogens with zero attached hydrogens (tertiary/aromatic N) is 1. The maximum absolute atomic E-state index is 14.0. The first kappa shape index (κ1) is 29.2. The molecule has 0 aliphatic rings. The summed E-state index contributed by atoms with van der Waals surface area (Å²) in [6.45, 7) is 2.14. The van der Waals surface area contributed by atoms with Gasteiger partial charge in [-0.05, 0) is 66.3 Å². The van der Waals surface area contributed by atoms with Crippen molar-refractivity contribution in [3.8, 4) is 11.1 Å². The summed E-state index contributed by atoms with van der Waals surface area (Å²) in [4.78, 5) is 40.3. The lowest BCUT2D eigenvalue weighted by atomic mass is 9.93. The van der Waals surface area contributed by atoms with E-state index in [1.807, 2.05) is 37.3 Å². The van der Waals surface area contributed by atoms with Gasteiger partial charge in [0.25, 0.3) is 11.8 Å². The van der Waals surface area contributed by atoms with E-state index >= 15 is 0 Å². The zero-order chi connectivity index (χ0) is 29.2. The molecule has 4 rings (SSSR count). The van der Waals surface area contributed by atoms with Crippen LogP contribution in [0.5, 0.6) is 0 Å². The monoisotopic (exact) mass is 552 g/mol. The van der Waals surface area contributed by atoms with E-state index in [1.165, 1.54) is 12.1 Å². The van der Waals surface area contributed by atoms with Crippen LogP contribution in [0.4, 0.5) is 4.39 Å². The molecule has 0 saturated carbocycles. The van der Waals surface area contributed by atoms with Crippen LogP contribution in [0.2, 0.25) is 0 Å². The highest BCUT2D eigenvalue weighted by Crippen LogP contribution is 2.29. The number of aryl methyl sites for hydroxylation is 1. The lowest BCUT2D eigenvalue weighted by Gasteiger charge is -2.30. The third-order valence-corrected chi connectivity index (χ3v) is 7.01. The van der Waals surface area contributed by atoms with Gasteiger partial charge >= 0.3 is 5.97 Å². The first-order valence-electron chi connectivity index (χ1n) is 13.6. The summed E-state index contributed by atoms with van der Waals surface area (Å²) < 4.78 is 13.6. The quantitative estimate of drug-likeness (QED) is 0.214. The number of benzene rings is 4. The van der Waals surface area contributed by atoms with Crippen molar-refractivity contribution in [2.45, 2.75) is 38.8 Å². The second-order valence-corrected chi connectivity index (χ2v) is 9.92. The van der Waals surface area contributed by atoms with Gasteiger partial charge in [-0.15, -0.1) is 0 Å². The molecule has 0 spiro atoms. The van der Waals surface area contributed by atoms with Crippen molar-refractivity contribution in [3.63, 3.8) is 0 Å². The minimum Gasteiger partial charge on any atom is -0.481 e. The van der Waals surface area contributed by atoms with E-state index in [-0.39, 0.29) is 43.2 Å². The van der Waals surface area contributed by atoms with Gasteiger partial charge in [0.1, 0.15) is 5.82 Å². The molecular formula is C34H33FN2O4. The van der Waals surface area contributed by atoms with Crippen LogP contribution in [0.15, 0.2) is 103 Å². The van der Waals surface area contributed by atoms with E-state index in [9.17, 15) is 23.9 Å². The number of halogens is 1. The summed E-state index contributed by atoms with van der Waals surface area (Å²) in [6.07, 6.45) is 1.23. The van der Waals surface area contributed by atoms with E-state index in [0.717, 1.165) is 12.0 Å². The first-order chi connectivity index (χ1) is 19.8. The second-order valence-electron chi connectivity index (χ2n) is 9.92. The first-order valence-corrected chi connectivity index (χ1v) is 13.6. The van der Waals surface area contributed by atoms with Crippen molar-refractivity contribution < 1.29 is 23.9 Å². The number of carboxylic acids is 1. The molecule has 0 aliphatic heterocycles. The Balaban J connectivity index is 1.60. The SMILES string of the molecule is CC(CCc1ccccc1)N(CCC(=O)O)C(=O)c1ccccc1-c1ccccc1C(=O)NCc1cccc(F)c1. The molecule has 0 bridgehead atoms. The molecule has 0 heterocycles. The second kappa shape index (κ2) is 14.0. The van der Waals surface area contributed by atoms with Crippen LogP contribution in [0, 0.1) is 5.82 Å². The van der Waals surface area contributed by atoms with Crippen molar-refractivity contribution in [2.24, 2.45) is 0 Å². The van der Waals surface area contributed by atoms with Crippen LogP contribution in [-0.2, 0) is 17.8 Å². The molecule has 7 heteroatoms. The Morgan fingerprint density at radius 1 is 0.805 bits per heavy atom. The van der Waals surface area contributed by atoms with E-state index < -0.39 is 5.97 Å². The number of hydrogen-bond acceptors (Lipinski definition) is 3. The molecule has 4 aromatic rings. The number of carbonyl (C=O) groups is 3. The van der Waals surface area contributed by atoms with Gasteiger partial charge in [0.15, 0.2) is 0 Å². The highest BCUT2D eigenvalue weighted by Gasteiger charge is 2.26. The maximum atomic E-state index is 14.0. The van der Waals surface area contributed by atoms with Crippen molar-refractivity contribution in [1.82, 2.24) is 10.2 Å². The predicted octanol–water partition coefficient (Wildman–Crippen LogP) is 6.36. The number of aliphatic carboxylic acids is 1. The largest absolute Gasteiger partial charge is 0.481 e. The van der Waals surface area contributed by atoms with Crippen molar-refractivity contribution in [3.05, 3.63) is 131 Å². The van der Waals surface area contributed by atoms with E-state index in [0.29, 0.717) is 34.2 Å². The minimum absolute atomic E-state index is 0.0637. The van der Waals surface area contributed by atoms with Gasteiger partial charge < -0.3 is 15.3 Å². The van der Waals surface area contributed by atoms with Gasteiger partial charge in [0, 0.05) is 30.3 Å². The molecule has 0 fully saturated rings. The van der Waals surface area contributed by atoms with E-state index in [4.69, 9.17) is 0 Å². The molecule has 0 radical (unpaired) electrons. The number of carbonyl (C=O) groups excluding carboxylic acids is 2. The molecule has 0 aliphatic carbocycles. The summed E-state index contributed by atoms with van der Waals surface area (Å²) >= 11 is 0. The fourth-order valence-corrected chi connectivity index (χ4v) is 4.81. The Bertz CT molecular complexity index is 1510. The van der Waals surface area contributed by atoms with Crippen LogP contribution >= 0.6 is 0 Å². The summed E-state index contributed by atoms with van der Waals surface area (Å²) in [5.74, 6) is -2.01. The number of carboxylic acid groups (broad SMARTS) is 1. The van der Waals surface area contributed by atoms with Crippen LogP contribution in [0.25, 0.3) is 11.1 Å². The highest BCUT2D eigenvalue weighted by atomic mass is 19.1. The molecule has 6 nitrogen and oxygen atoms in total. The Morgan fingerprint density at radius 3 is 2.10 bits per heavy atom. The van der Waals surface area contributed by atoms with Gasteiger partial charge in [-0.1, -0.05) is 78.9 Å². The Morgan fingerprint density at radius 2 is 1.41 bits per heavy atom. The third kappa shape index (κ3) is 7.88. The molecule has 1 unspecified atom stereocenters. The topological polar surface area (TPSA) is 86.7 Å². The van der Waals surface area contributed by atoms with Gasteiger partial charge in [-0.25, -0.2) is 4.39 Å². The van der Waals surface area contributed by atoms with E-state index in [1.54, 1.807) is 65.6 Å². The number of rotatable bonds is 12. The summed E-state index contributed by atoms with van der Waals surface area (Å²) in [5, 5.41) is 12.2. The average Bonchev–Trinajstić information content (AvgIpc) is 2.99. The summed E-state index contributed by atoms with van der Waals surface area (Å²) in [6, 6.07) is 29.8. The molecule has 2 amide bonds. The molecule has 1 atom stereocenters. The van der Waals surface area contributed by atoms with Crippen molar-refractivity contribution in [2.75, 3.05) is 6.54 Å².